The Hall–Kier alpha value is -3.73. The minimum Gasteiger partial charge on any atom is -0.364 e. The topological polar surface area (TPSA) is 103 Å². The molecule has 3 N–H and O–H groups in total. The van der Waals surface area contributed by atoms with Gasteiger partial charge in [0, 0.05) is 29.8 Å². The Morgan fingerprint density at radius 1 is 1.33 bits per heavy atom. The van der Waals surface area contributed by atoms with Crippen LogP contribution in [0.25, 0.3) is 16.7 Å². The highest BCUT2D eigenvalue weighted by Crippen LogP contribution is 2.22. The largest absolute Gasteiger partial charge is 0.364 e. The lowest BCUT2D eigenvalue weighted by molar-refractivity contribution is -0.121. The molecule has 1 aromatic carbocycles. The molecule has 4 rings (SSSR count). The number of halogens is 1. The molecule has 2 amide bonds. The van der Waals surface area contributed by atoms with Crippen LogP contribution < -0.4 is 11.1 Å². The molecule has 0 radical (unpaired) electrons. The molecular formula is C19H14FN5O2. The number of carbonyl (C=O) groups is 2. The summed E-state index contributed by atoms with van der Waals surface area (Å²) in [6.45, 7) is 0.626. The summed E-state index contributed by atoms with van der Waals surface area (Å²) < 4.78 is 15.1. The molecule has 7 nitrogen and oxygen atoms in total. The van der Waals surface area contributed by atoms with Crippen LogP contribution in [0.5, 0.6) is 0 Å². The number of nitrogens with two attached hydrogens (primary N) is 1. The first kappa shape index (κ1) is 16.7. The van der Waals surface area contributed by atoms with Crippen molar-refractivity contribution in [3.63, 3.8) is 0 Å². The van der Waals surface area contributed by atoms with Gasteiger partial charge in [-0.05, 0) is 30.7 Å². The van der Waals surface area contributed by atoms with Gasteiger partial charge in [-0.1, -0.05) is 11.8 Å². The van der Waals surface area contributed by atoms with Crippen molar-refractivity contribution in [2.75, 3.05) is 6.54 Å². The Bertz CT molecular complexity index is 1140. The van der Waals surface area contributed by atoms with Gasteiger partial charge in [0.1, 0.15) is 11.7 Å². The van der Waals surface area contributed by atoms with Crippen molar-refractivity contribution in [1.29, 1.82) is 0 Å². The molecule has 1 unspecified atom stereocenters. The van der Waals surface area contributed by atoms with E-state index in [9.17, 15) is 14.0 Å². The summed E-state index contributed by atoms with van der Waals surface area (Å²) >= 11 is 0. The quantitative estimate of drug-likeness (QED) is 0.667. The van der Waals surface area contributed by atoms with E-state index in [0.717, 1.165) is 0 Å². The number of amides is 2. The number of primary amides is 1. The molecule has 0 bridgehead atoms. The van der Waals surface area contributed by atoms with E-state index >= 15 is 0 Å². The Morgan fingerprint density at radius 3 is 2.93 bits per heavy atom. The maximum absolute atomic E-state index is 13.7. The smallest absolute Gasteiger partial charge is 0.269 e. The van der Waals surface area contributed by atoms with Crippen LogP contribution in [0.4, 0.5) is 4.39 Å². The summed E-state index contributed by atoms with van der Waals surface area (Å²) in [6, 6.07) is 7.31. The number of fused-ring (bicyclic) bond motifs is 1. The summed E-state index contributed by atoms with van der Waals surface area (Å²) in [5.74, 6) is 4.68. The molecule has 1 aliphatic heterocycles. The Kier molecular flexibility index (Phi) is 4.05. The van der Waals surface area contributed by atoms with Crippen LogP contribution >= 0.6 is 0 Å². The van der Waals surface area contributed by atoms with Crippen molar-refractivity contribution < 1.29 is 14.0 Å². The summed E-state index contributed by atoms with van der Waals surface area (Å²) in [6.07, 6.45) is 2.21. The van der Waals surface area contributed by atoms with E-state index in [-0.39, 0.29) is 17.5 Å². The minimum atomic E-state index is -0.714. The van der Waals surface area contributed by atoms with E-state index in [4.69, 9.17) is 5.73 Å². The molecule has 0 aliphatic carbocycles. The molecule has 1 atom stereocenters. The lowest BCUT2D eigenvalue weighted by Gasteiger charge is -2.03. The molecule has 8 heteroatoms. The van der Waals surface area contributed by atoms with E-state index in [1.165, 1.54) is 29.1 Å². The van der Waals surface area contributed by atoms with E-state index in [1.54, 1.807) is 12.1 Å². The number of hydrogen-bond donors (Lipinski definition) is 2. The van der Waals surface area contributed by atoms with Gasteiger partial charge < -0.3 is 11.1 Å². The van der Waals surface area contributed by atoms with Gasteiger partial charge in [0.15, 0.2) is 11.5 Å². The SMILES string of the molecule is NC(=O)c1nn(-c2cc(C#CC3CCNC3=O)ccn2)c2cc(F)ccc12. The van der Waals surface area contributed by atoms with Gasteiger partial charge in [-0.3, -0.25) is 9.59 Å². The maximum Gasteiger partial charge on any atom is 0.269 e. The number of nitrogens with one attached hydrogen (secondary N) is 1. The van der Waals surface area contributed by atoms with Crippen LogP contribution in [0.2, 0.25) is 0 Å². The van der Waals surface area contributed by atoms with Gasteiger partial charge in [0.05, 0.1) is 5.52 Å². The monoisotopic (exact) mass is 363 g/mol. The maximum atomic E-state index is 13.7. The highest BCUT2D eigenvalue weighted by atomic mass is 19.1. The molecule has 27 heavy (non-hydrogen) atoms. The molecule has 0 saturated carbocycles. The molecule has 0 spiro atoms. The highest BCUT2D eigenvalue weighted by Gasteiger charge is 2.21. The van der Waals surface area contributed by atoms with Gasteiger partial charge in [0.25, 0.3) is 5.91 Å². The number of benzene rings is 1. The average molecular weight is 363 g/mol. The van der Waals surface area contributed by atoms with Gasteiger partial charge in [0.2, 0.25) is 5.91 Å². The van der Waals surface area contributed by atoms with Gasteiger partial charge in [-0.2, -0.15) is 5.10 Å². The second-order valence-corrected chi connectivity index (χ2v) is 6.09. The fourth-order valence-electron chi connectivity index (χ4n) is 2.96. The van der Waals surface area contributed by atoms with Crippen LogP contribution in [-0.2, 0) is 4.79 Å². The van der Waals surface area contributed by atoms with Crippen molar-refractivity contribution in [2.24, 2.45) is 11.7 Å². The van der Waals surface area contributed by atoms with E-state index < -0.39 is 11.7 Å². The number of nitrogens with zero attached hydrogens (tertiary/aromatic N) is 3. The summed E-state index contributed by atoms with van der Waals surface area (Å²) in [5.41, 5.74) is 6.41. The van der Waals surface area contributed by atoms with Crippen LogP contribution in [0, 0.1) is 23.6 Å². The number of aromatic nitrogens is 3. The summed E-state index contributed by atoms with van der Waals surface area (Å²) in [7, 11) is 0. The third kappa shape index (κ3) is 3.11. The molecule has 2 aromatic heterocycles. The van der Waals surface area contributed by atoms with Gasteiger partial charge in [-0.25, -0.2) is 14.1 Å². The zero-order valence-electron chi connectivity index (χ0n) is 14.1. The van der Waals surface area contributed by atoms with E-state index in [1.807, 2.05) is 0 Å². The highest BCUT2D eigenvalue weighted by molar-refractivity contribution is 6.04. The number of rotatable bonds is 2. The first-order valence-electron chi connectivity index (χ1n) is 8.27. The fourth-order valence-corrected chi connectivity index (χ4v) is 2.96. The number of carbonyl (C=O) groups excluding carboxylic acids is 2. The average Bonchev–Trinajstić information content (AvgIpc) is 3.23. The lowest BCUT2D eigenvalue weighted by Crippen LogP contribution is -2.17. The van der Waals surface area contributed by atoms with Gasteiger partial charge >= 0.3 is 0 Å². The summed E-state index contributed by atoms with van der Waals surface area (Å²) in [5, 5.41) is 7.36. The summed E-state index contributed by atoms with van der Waals surface area (Å²) in [4.78, 5) is 27.5. The van der Waals surface area contributed by atoms with Crippen molar-refractivity contribution in [3.05, 3.63) is 53.6 Å². The lowest BCUT2D eigenvalue weighted by atomic mass is 10.1. The first-order chi connectivity index (χ1) is 13.0. The standard InChI is InChI=1S/C19H14FN5O2/c20-13-3-4-14-15(10-13)25(24-17(14)18(21)26)16-9-11(5-7-22-16)1-2-12-6-8-23-19(12)27/h3-5,7,9-10,12H,6,8H2,(H2,21,26)(H,23,27). The Labute approximate surface area is 153 Å². The van der Waals surface area contributed by atoms with Crippen LogP contribution in [0.1, 0.15) is 22.5 Å². The van der Waals surface area contributed by atoms with Crippen LogP contribution in [0.15, 0.2) is 36.5 Å². The zero-order chi connectivity index (χ0) is 19.0. The molecule has 3 heterocycles. The molecule has 1 saturated heterocycles. The predicted molar refractivity (Wildman–Crippen MR) is 95.3 cm³/mol. The molecule has 134 valence electrons. The Balaban J connectivity index is 1.78. The second kappa shape index (κ2) is 6.53. The van der Waals surface area contributed by atoms with Crippen molar-refractivity contribution in [1.82, 2.24) is 20.1 Å². The first-order valence-corrected chi connectivity index (χ1v) is 8.27. The third-order valence-electron chi connectivity index (χ3n) is 4.28. The normalized spacial score (nSPS) is 16.0. The predicted octanol–water partition coefficient (Wildman–Crippen LogP) is 1.15. The molecule has 1 aliphatic rings. The van der Waals surface area contributed by atoms with Crippen LogP contribution in [0.3, 0.4) is 0 Å². The Morgan fingerprint density at radius 2 is 2.19 bits per heavy atom. The zero-order valence-corrected chi connectivity index (χ0v) is 14.1. The number of pyridine rings is 1. The van der Waals surface area contributed by atoms with Crippen molar-refractivity contribution >= 4 is 22.7 Å². The minimum absolute atomic E-state index is 0.0333. The van der Waals surface area contributed by atoms with Crippen molar-refractivity contribution in [3.8, 4) is 17.7 Å². The van der Waals surface area contributed by atoms with E-state index in [0.29, 0.717) is 35.2 Å². The van der Waals surface area contributed by atoms with Gasteiger partial charge in [-0.15, -0.1) is 0 Å². The molecule has 1 fully saturated rings. The molecule has 3 aromatic rings. The van der Waals surface area contributed by atoms with E-state index in [2.05, 4.69) is 27.2 Å². The molecular weight excluding hydrogens is 349 g/mol. The van der Waals surface area contributed by atoms with Crippen LogP contribution in [-0.4, -0.2) is 33.1 Å². The number of hydrogen-bond acceptors (Lipinski definition) is 4. The fraction of sp³-hybridized carbons (Fsp3) is 0.158. The third-order valence-corrected chi connectivity index (χ3v) is 4.28. The second-order valence-electron chi connectivity index (χ2n) is 6.09. The van der Waals surface area contributed by atoms with Crippen molar-refractivity contribution in [2.45, 2.75) is 6.42 Å².